The highest BCUT2D eigenvalue weighted by Gasteiger charge is 2.54. The normalized spacial score (nSPS) is 19.6. The Balaban J connectivity index is 0.961. The lowest BCUT2D eigenvalue weighted by atomic mass is 9.85. The molecule has 0 spiro atoms. The Morgan fingerprint density at radius 2 is 1.65 bits per heavy atom. The number of aromatic nitrogens is 3. The van der Waals surface area contributed by atoms with E-state index in [1.54, 1.807) is 32.9 Å². The molecule has 4 aromatic rings. The van der Waals surface area contributed by atoms with Crippen LogP contribution >= 0.6 is 12.2 Å². The Morgan fingerprint density at radius 3 is 2.28 bits per heavy atom. The highest BCUT2D eigenvalue weighted by molar-refractivity contribution is 7.80. The first-order valence-corrected chi connectivity index (χ1v) is 23.7. The Bertz CT molecular complexity index is 3050. The number of likely N-dealkylation sites (tertiary alicyclic amines) is 1. The van der Waals surface area contributed by atoms with Crippen LogP contribution in [0.4, 0.5) is 45.2 Å². The number of benzene rings is 2. The number of halogens is 9. The van der Waals surface area contributed by atoms with Crippen molar-refractivity contribution in [2.24, 2.45) is 16.3 Å². The molecular formula is C51H49F9N8O6S. The van der Waals surface area contributed by atoms with Crippen LogP contribution in [0, 0.1) is 34.3 Å². The third-order valence-corrected chi connectivity index (χ3v) is 13.0. The number of nitrogens with zero attached hydrogens (tertiary/aromatic N) is 7. The molecule has 2 aliphatic heterocycles. The van der Waals surface area contributed by atoms with Crippen molar-refractivity contribution in [3.05, 3.63) is 107 Å². The Morgan fingerprint density at radius 1 is 0.973 bits per heavy atom. The first kappa shape index (κ1) is 55.8. The smallest absolute Gasteiger partial charge is 0.420 e. The van der Waals surface area contributed by atoms with Gasteiger partial charge in [-0.05, 0) is 99.3 Å². The van der Waals surface area contributed by atoms with Gasteiger partial charge in [-0.3, -0.25) is 24.3 Å². The number of aliphatic imine (C=N–C) groups is 1. The van der Waals surface area contributed by atoms with Gasteiger partial charge in [0, 0.05) is 42.2 Å². The maximum Gasteiger partial charge on any atom is 0.420 e. The van der Waals surface area contributed by atoms with Crippen LogP contribution in [0.2, 0.25) is 0 Å². The number of rotatable bonds is 14. The number of ether oxygens (including phenoxy) is 2. The van der Waals surface area contributed by atoms with E-state index in [-0.39, 0.29) is 56.2 Å². The number of nitrogens with one attached hydrogen (secondary N) is 1. The standard InChI is InChI=1S/C51H49F9N8O6S/c1-26-17-37(41(54)40(33(26)21-61)51(58,59)60)67-46(72)49(5,6)68(47(67)75)29-18-35(53)42(62-22-29)32-14-13-31(20-34(32)50(55,56)57)74-16-8-7-15-73-25-39(70)65-43(48(2,3)4)45(71)66-24-30(69)19-38(66)44-63-23-36(64-44)27-9-11-28(52)12-10-27/h9-14,18,20,22-23,26,30,38,69H,7-8,15-17,19,24-25H2,1-6H3,(H,63,64)/t26?,30-,38+/m1/s1. The second kappa shape index (κ2) is 21.3. The number of aliphatic hydroxyl groups excluding tert-OH is 1. The number of alkyl halides is 6. The van der Waals surface area contributed by atoms with Gasteiger partial charge >= 0.3 is 12.4 Å². The van der Waals surface area contributed by atoms with Crippen molar-refractivity contribution in [2.45, 2.75) is 97.3 Å². The number of hydrogen-bond donors (Lipinski definition) is 2. The van der Waals surface area contributed by atoms with Crippen molar-refractivity contribution in [2.75, 3.05) is 31.3 Å². The second-order valence-electron chi connectivity index (χ2n) is 19.6. The maximum atomic E-state index is 16.0. The van der Waals surface area contributed by atoms with E-state index in [0.29, 0.717) is 28.0 Å². The van der Waals surface area contributed by atoms with Crippen LogP contribution in [-0.4, -0.2) is 103 Å². The maximum absolute atomic E-state index is 16.0. The summed E-state index contributed by atoms with van der Waals surface area (Å²) in [5, 5.41) is 19.4. The van der Waals surface area contributed by atoms with Crippen molar-refractivity contribution in [3.63, 3.8) is 0 Å². The first-order valence-electron chi connectivity index (χ1n) is 23.3. The van der Waals surface area contributed by atoms with Gasteiger partial charge in [0.05, 0.1) is 59.9 Å². The van der Waals surface area contributed by atoms with Gasteiger partial charge in [0.2, 0.25) is 0 Å². The van der Waals surface area contributed by atoms with E-state index in [4.69, 9.17) is 21.7 Å². The molecule has 75 heavy (non-hydrogen) atoms. The fraction of sp³-hybridized carbons (Fsp3) is 0.412. The molecule has 2 N–H and O–H groups in total. The number of aromatic amines is 1. The predicted octanol–water partition coefficient (Wildman–Crippen LogP) is 10.3. The fourth-order valence-electron chi connectivity index (χ4n) is 8.96. The topological polar surface area (TPSA) is 177 Å². The van der Waals surface area contributed by atoms with Crippen LogP contribution in [-0.2, 0) is 25.3 Å². The molecule has 3 aliphatic rings. The zero-order valence-electron chi connectivity index (χ0n) is 41.1. The molecule has 24 heteroatoms. The molecule has 3 atom stereocenters. The molecule has 398 valence electrons. The van der Waals surface area contributed by atoms with Crippen LogP contribution in [0.1, 0.15) is 84.7 Å². The summed E-state index contributed by atoms with van der Waals surface area (Å²) in [6.45, 7) is 8.22. The summed E-state index contributed by atoms with van der Waals surface area (Å²) in [5.74, 6) is -6.98. The highest BCUT2D eigenvalue weighted by atomic mass is 32.1. The second-order valence-corrected chi connectivity index (χ2v) is 19.9. The molecule has 2 aromatic carbocycles. The zero-order valence-corrected chi connectivity index (χ0v) is 41.9. The largest absolute Gasteiger partial charge is 0.494 e. The number of carbonyl (C=O) groups excluding carboxylic acids is 3. The minimum absolute atomic E-state index is 0.00533. The van der Waals surface area contributed by atoms with Gasteiger partial charge in [-0.2, -0.15) is 31.6 Å². The van der Waals surface area contributed by atoms with Crippen LogP contribution in [0.15, 0.2) is 88.6 Å². The lowest BCUT2D eigenvalue weighted by molar-refractivity contribution is -0.137. The van der Waals surface area contributed by atoms with E-state index in [0.717, 1.165) is 29.3 Å². The van der Waals surface area contributed by atoms with Gasteiger partial charge in [0.1, 0.15) is 46.5 Å². The number of hydrogen-bond acceptors (Lipinski definition) is 10. The number of anilines is 1. The zero-order chi connectivity index (χ0) is 55.1. The molecule has 2 fully saturated rings. The summed E-state index contributed by atoms with van der Waals surface area (Å²) < 4.78 is 142. The summed E-state index contributed by atoms with van der Waals surface area (Å²) in [6.07, 6.45) is -8.64. The number of unbranched alkanes of at least 4 members (excludes halogenated alkanes) is 1. The number of H-pyrrole nitrogens is 1. The number of imidazole rings is 1. The van der Waals surface area contributed by atoms with Crippen molar-refractivity contribution in [1.29, 1.82) is 5.26 Å². The highest BCUT2D eigenvalue weighted by Crippen LogP contribution is 2.48. The molecule has 0 bridgehead atoms. The number of pyridine rings is 1. The predicted molar refractivity (Wildman–Crippen MR) is 258 cm³/mol. The van der Waals surface area contributed by atoms with E-state index in [9.17, 15) is 55.5 Å². The van der Waals surface area contributed by atoms with Crippen LogP contribution < -0.4 is 9.64 Å². The summed E-state index contributed by atoms with van der Waals surface area (Å²) in [4.78, 5) is 59.3. The summed E-state index contributed by atoms with van der Waals surface area (Å²) >= 11 is 5.44. The van der Waals surface area contributed by atoms with Crippen LogP contribution in [0.25, 0.3) is 22.5 Å². The molecule has 0 radical (unpaired) electrons. The van der Waals surface area contributed by atoms with Gasteiger partial charge in [-0.15, -0.1) is 0 Å². The molecule has 2 aromatic heterocycles. The van der Waals surface area contributed by atoms with E-state index < -0.39 is 128 Å². The average molecular weight is 1070 g/mol. The third kappa shape index (κ3) is 11.6. The monoisotopic (exact) mass is 1070 g/mol. The Kier molecular flexibility index (Phi) is 15.9. The van der Waals surface area contributed by atoms with Gasteiger partial charge in [0.15, 0.2) is 16.8 Å². The molecular weight excluding hydrogens is 1020 g/mol. The number of nitriles is 1. The molecule has 14 nitrogen and oxygen atoms in total. The Hall–Kier alpha value is -6.97. The number of carbonyl (C=O) groups is 3. The van der Waals surface area contributed by atoms with Crippen LogP contribution in [0.5, 0.6) is 5.75 Å². The number of β-amino-alcohol motifs (C(OH)–C–C–N with tert-alkyl or cyclic N) is 1. The van der Waals surface area contributed by atoms with Gasteiger partial charge < -0.3 is 29.4 Å². The number of aliphatic hydroxyl groups is 1. The van der Waals surface area contributed by atoms with Crippen molar-refractivity contribution < 1.29 is 68.5 Å². The quantitative estimate of drug-likeness (QED) is 0.0532. The number of amides is 3. The van der Waals surface area contributed by atoms with E-state index in [1.165, 1.54) is 50.1 Å². The van der Waals surface area contributed by atoms with Gasteiger partial charge in [0.25, 0.3) is 17.7 Å². The molecule has 3 amide bonds. The minimum atomic E-state index is -5.31. The van der Waals surface area contributed by atoms with Crippen LogP contribution in [0.3, 0.4) is 0 Å². The molecule has 7 rings (SSSR count). The lowest BCUT2D eigenvalue weighted by Gasteiger charge is -2.30. The average Bonchev–Trinajstić information content (AvgIpc) is 4.01. The van der Waals surface area contributed by atoms with Crippen molar-refractivity contribution in [3.8, 4) is 34.3 Å². The van der Waals surface area contributed by atoms with E-state index in [1.807, 2.05) is 0 Å². The van der Waals surface area contributed by atoms with Gasteiger partial charge in [-0.1, -0.05) is 27.7 Å². The Labute approximate surface area is 429 Å². The summed E-state index contributed by atoms with van der Waals surface area (Å²) in [5.41, 5.74) is -8.11. The number of allylic oxidation sites excluding steroid dienone is 4. The molecule has 1 unspecified atom stereocenters. The van der Waals surface area contributed by atoms with Gasteiger partial charge in [-0.25, -0.2) is 23.1 Å². The SMILES string of the molecule is CC1CC(N2C(=O)C(C)(C)N(c3cnc(-c4ccc(OCCCCOCC(=O)N=C(C(=O)N5C[C@H](O)C[C@H]5c5ncc(-c6ccc(F)cc6)[nH]5)C(C)(C)C)cc4C(F)(F)F)c(F)c3)C2=S)=C(F)C(C(F)(F)F)=C1C#N. The summed E-state index contributed by atoms with van der Waals surface area (Å²) in [7, 11) is 0. The lowest BCUT2D eigenvalue weighted by Crippen LogP contribution is -2.44. The summed E-state index contributed by atoms with van der Waals surface area (Å²) in [6, 6.07) is 9.92. The van der Waals surface area contributed by atoms with E-state index >= 15 is 8.78 Å². The third-order valence-electron chi connectivity index (χ3n) is 12.6. The van der Waals surface area contributed by atoms with E-state index in [2.05, 4.69) is 19.9 Å². The number of thiocarbonyl (C=S) groups is 1. The minimum Gasteiger partial charge on any atom is -0.494 e. The van der Waals surface area contributed by atoms with Crippen molar-refractivity contribution >= 4 is 46.5 Å². The molecule has 1 aliphatic carbocycles. The molecule has 2 saturated heterocycles. The molecule has 0 saturated carbocycles. The van der Waals surface area contributed by atoms with Crippen molar-refractivity contribution in [1.82, 2.24) is 24.8 Å². The first-order chi connectivity index (χ1) is 35.0. The fourth-order valence-corrected chi connectivity index (χ4v) is 9.48. The molecule has 4 heterocycles.